The van der Waals surface area contributed by atoms with Crippen LogP contribution in [-0.2, 0) is 16.8 Å². The minimum atomic E-state index is -2.04. The van der Waals surface area contributed by atoms with Gasteiger partial charge in [0.15, 0.2) is 0 Å². The molecule has 0 saturated heterocycles. The second-order valence-electron chi connectivity index (χ2n) is 4.19. The topological polar surface area (TPSA) is 49.7 Å². The molecule has 1 heterocycles. The highest BCUT2D eigenvalue weighted by atomic mass is 16.8. The number of aliphatic hydroxyl groups is 2. The van der Waals surface area contributed by atoms with E-state index in [0.717, 1.165) is 11.1 Å². The average Bonchev–Trinajstić information content (AvgIpc) is 2.00. The normalized spacial score (nSPS) is 22.9. The third-order valence-corrected chi connectivity index (χ3v) is 2.51. The molecule has 0 aromatic heterocycles. The summed E-state index contributed by atoms with van der Waals surface area (Å²) in [5.74, 6) is -2.04. The first kappa shape index (κ1) is 9.65. The maximum atomic E-state index is 9.49. The molecule has 0 fully saturated rings. The molecule has 0 amide bonds. The Hall–Kier alpha value is -0.900. The third-order valence-electron chi connectivity index (χ3n) is 2.51. The molecule has 1 aromatic carbocycles. The van der Waals surface area contributed by atoms with Crippen molar-refractivity contribution in [1.29, 1.82) is 0 Å². The van der Waals surface area contributed by atoms with E-state index in [4.69, 9.17) is 4.74 Å². The van der Waals surface area contributed by atoms with Gasteiger partial charge in [0, 0.05) is 0 Å². The molecule has 0 bridgehead atoms. The molecule has 0 saturated carbocycles. The molecule has 3 nitrogen and oxygen atoms in total. The second-order valence-corrected chi connectivity index (χ2v) is 4.19. The standard InChI is InChI=1S/C11H14O3/c1-10(2)9-6-4-3-5-8(9)7-11(12,13)14-10/h3-6,12-13H,7H2,1-2H3. The first-order chi connectivity index (χ1) is 6.41. The van der Waals surface area contributed by atoms with Gasteiger partial charge in [0.1, 0.15) is 0 Å². The highest BCUT2D eigenvalue weighted by molar-refractivity contribution is 5.34. The Morgan fingerprint density at radius 2 is 1.86 bits per heavy atom. The maximum Gasteiger partial charge on any atom is 0.282 e. The largest absolute Gasteiger partial charge is 0.343 e. The van der Waals surface area contributed by atoms with Crippen molar-refractivity contribution < 1.29 is 14.9 Å². The van der Waals surface area contributed by atoms with Crippen molar-refractivity contribution in [3.05, 3.63) is 35.4 Å². The lowest BCUT2D eigenvalue weighted by Crippen LogP contribution is -2.46. The number of fused-ring (bicyclic) bond motifs is 1. The van der Waals surface area contributed by atoms with E-state index in [1.54, 1.807) is 0 Å². The van der Waals surface area contributed by atoms with E-state index in [9.17, 15) is 10.2 Å². The van der Waals surface area contributed by atoms with Crippen LogP contribution in [0.3, 0.4) is 0 Å². The average molecular weight is 194 g/mol. The molecule has 2 N–H and O–H groups in total. The molecule has 2 rings (SSSR count). The minimum Gasteiger partial charge on any atom is -0.343 e. The van der Waals surface area contributed by atoms with E-state index in [-0.39, 0.29) is 6.42 Å². The van der Waals surface area contributed by atoms with Crippen LogP contribution in [0.1, 0.15) is 25.0 Å². The molecule has 0 unspecified atom stereocenters. The highest BCUT2D eigenvalue weighted by Gasteiger charge is 2.41. The predicted molar refractivity (Wildman–Crippen MR) is 51.4 cm³/mol. The van der Waals surface area contributed by atoms with Crippen molar-refractivity contribution >= 4 is 0 Å². The van der Waals surface area contributed by atoms with Crippen molar-refractivity contribution in [1.82, 2.24) is 0 Å². The van der Waals surface area contributed by atoms with Gasteiger partial charge in [0.25, 0.3) is 5.97 Å². The van der Waals surface area contributed by atoms with E-state index >= 15 is 0 Å². The second kappa shape index (κ2) is 2.79. The molecule has 1 aromatic rings. The quantitative estimate of drug-likeness (QED) is 0.609. The van der Waals surface area contributed by atoms with Crippen molar-refractivity contribution in [3.63, 3.8) is 0 Å². The summed E-state index contributed by atoms with van der Waals surface area (Å²) in [6, 6.07) is 7.65. The van der Waals surface area contributed by atoms with Gasteiger partial charge in [-0.2, -0.15) is 0 Å². The van der Waals surface area contributed by atoms with Crippen LogP contribution >= 0.6 is 0 Å². The molecule has 1 aliphatic heterocycles. The Morgan fingerprint density at radius 1 is 1.21 bits per heavy atom. The van der Waals surface area contributed by atoms with Gasteiger partial charge in [0.2, 0.25) is 0 Å². The lowest BCUT2D eigenvalue weighted by atomic mass is 9.88. The first-order valence-corrected chi connectivity index (χ1v) is 4.64. The van der Waals surface area contributed by atoms with Crippen molar-refractivity contribution in [2.45, 2.75) is 31.8 Å². The molecule has 76 valence electrons. The molecule has 0 aliphatic carbocycles. The molecule has 0 atom stereocenters. The number of benzene rings is 1. The van der Waals surface area contributed by atoms with E-state index < -0.39 is 11.6 Å². The molecule has 3 heteroatoms. The summed E-state index contributed by atoms with van der Waals surface area (Å²) in [6.07, 6.45) is 0.118. The van der Waals surface area contributed by atoms with Crippen molar-refractivity contribution in [2.75, 3.05) is 0 Å². The van der Waals surface area contributed by atoms with Crippen LogP contribution in [0.4, 0.5) is 0 Å². The molecule has 14 heavy (non-hydrogen) atoms. The SMILES string of the molecule is CC1(C)OC(O)(O)Cc2ccccc21. The van der Waals surface area contributed by atoms with Gasteiger partial charge < -0.3 is 14.9 Å². The Kier molecular flexibility index (Phi) is 1.93. The number of hydrogen-bond donors (Lipinski definition) is 2. The number of ether oxygens (including phenoxy) is 1. The lowest BCUT2D eigenvalue weighted by molar-refractivity contribution is -0.380. The third kappa shape index (κ3) is 1.54. The van der Waals surface area contributed by atoms with Gasteiger partial charge in [-0.1, -0.05) is 24.3 Å². The zero-order valence-corrected chi connectivity index (χ0v) is 8.32. The van der Waals surface area contributed by atoms with Crippen molar-refractivity contribution in [2.24, 2.45) is 0 Å². The van der Waals surface area contributed by atoms with Gasteiger partial charge in [-0.3, -0.25) is 0 Å². The molecule has 0 radical (unpaired) electrons. The first-order valence-electron chi connectivity index (χ1n) is 4.64. The highest BCUT2D eigenvalue weighted by Crippen LogP contribution is 2.37. The smallest absolute Gasteiger partial charge is 0.282 e. The molecular weight excluding hydrogens is 180 g/mol. The Morgan fingerprint density at radius 3 is 2.57 bits per heavy atom. The van der Waals surface area contributed by atoms with Gasteiger partial charge in [0.05, 0.1) is 12.0 Å². The van der Waals surface area contributed by atoms with Crippen LogP contribution in [0.5, 0.6) is 0 Å². The number of rotatable bonds is 0. The summed E-state index contributed by atoms with van der Waals surface area (Å²) in [7, 11) is 0. The molecular formula is C11H14O3. The summed E-state index contributed by atoms with van der Waals surface area (Å²) in [5.41, 5.74) is 1.28. The van der Waals surface area contributed by atoms with Crippen LogP contribution in [-0.4, -0.2) is 16.2 Å². The Balaban J connectivity index is 2.52. The van der Waals surface area contributed by atoms with Gasteiger partial charge >= 0.3 is 0 Å². The van der Waals surface area contributed by atoms with E-state index in [0.29, 0.717) is 0 Å². The summed E-state index contributed by atoms with van der Waals surface area (Å²) in [5, 5.41) is 19.0. The van der Waals surface area contributed by atoms with E-state index in [1.807, 2.05) is 38.1 Å². The van der Waals surface area contributed by atoms with Crippen LogP contribution in [0.15, 0.2) is 24.3 Å². The number of hydrogen-bond acceptors (Lipinski definition) is 3. The summed E-state index contributed by atoms with van der Waals surface area (Å²) in [4.78, 5) is 0. The van der Waals surface area contributed by atoms with Crippen LogP contribution in [0, 0.1) is 0 Å². The summed E-state index contributed by atoms with van der Waals surface area (Å²) in [6.45, 7) is 3.65. The monoisotopic (exact) mass is 194 g/mol. The van der Waals surface area contributed by atoms with Gasteiger partial charge in [-0.15, -0.1) is 0 Å². The summed E-state index contributed by atoms with van der Waals surface area (Å²) >= 11 is 0. The lowest BCUT2D eigenvalue weighted by Gasteiger charge is -2.39. The fourth-order valence-electron chi connectivity index (χ4n) is 2.01. The zero-order valence-electron chi connectivity index (χ0n) is 8.32. The fraction of sp³-hybridized carbons (Fsp3) is 0.455. The Labute approximate surface area is 83.0 Å². The van der Waals surface area contributed by atoms with E-state index in [1.165, 1.54) is 0 Å². The fourth-order valence-corrected chi connectivity index (χ4v) is 2.01. The van der Waals surface area contributed by atoms with Gasteiger partial charge in [-0.25, -0.2) is 0 Å². The van der Waals surface area contributed by atoms with Crippen LogP contribution < -0.4 is 0 Å². The van der Waals surface area contributed by atoms with E-state index in [2.05, 4.69) is 0 Å². The molecule has 1 aliphatic rings. The van der Waals surface area contributed by atoms with Crippen molar-refractivity contribution in [3.8, 4) is 0 Å². The van der Waals surface area contributed by atoms with Crippen LogP contribution in [0.2, 0.25) is 0 Å². The zero-order chi connectivity index (χ0) is 10.4. The minimum absolute atomic E-state index is 0.118. The summed E-state index contributed by atoms with van der Waals surface area (Å²) < 4.78 is 5.20. The maximum absolute atomic E-state index is 9.49. The van der Waals surface area contributed by atoms with Gasteiger partial charge in [-0.05, 0) is 25.0 Å². The molecule has 0 spiro atoms. The van der Waals surface area contributed by atoms with Crippen LogP contribution in [0.25, 0.3) is 0 Å². The Bertz CT molecular complexity index is 355. The predicted octanol–water partition coefficient (Wildman–Crippen LogP) is 1.13.